The Morgan fingerprint density at radius 1 is 1.19 bits per heavy atom. The maximum atomic E-state index is 6.61. The molecule has 0 spiro atoms. The standard InChI is InChI=1S/C22H21ClN4/c1-2-20(27-22(24)25)15-9-8-14-4-3-5-17(18(14)10-15)21-19(23)11-16(12-26-21)13-6-7-13/h2-5,8-13H,6-7H2,1H3,(H4,24,25,27). The van der Waals surface area contributed by atoms with E-state index in [9.17, 15) is 0 Å². The average Bonchev–Trinajstić information content (AvgIpc) is 3.50. The van der Waals surface area contributed by atoms with Crippen LogP contribution in [0.3, 0.4) is 0 Å². The van der Waals surface area contributed by atoms with Gasteiger partial charge in [-0.15, -0.1) is 0 Å². The predicted octanol–water partition coefficient (Wildman–Crippen LogP) is 5.07. The van der Waals surface area contributed by atoms with Crippen molar-refractivity contribution in [2.45, 2.75) is 25.7 Å². The molecule has 1 aliphatic rings. The summed E-state index contributed by atoms with van der Waals surface area (Å²) in [5, 5.41) is 2.86. The Morgan fingerprint density at radius 2 is 2.00 bits per heavy atom. The highest BCUT2D eigenvalue weighted by Crippen LogP contribution is 2.42. The van der Waals surface area contributed by atoms with E-state index >= 15 is 0 Å². The normalized spacial score (nSPS) is 14.4. The number of guanidine groups is 1. The first-order chi connectivity index (χ1) is 13.1. The molecule has 5 heteroatoms. The third kappa shape index (κ3) is 3.53. The van der Waals surface area contributed by atoms with Crippen LogP contribution in [0.2, 0.25) is 5.02 Å². The molecule has 0 amide bonds. The van der Waals surface area contributed by atoms with Gasteiger partial charge in [0.25, 0.3) is 0 Å². The Kier molecular flexibility index (Phi) is 4.58. The average molecular weight is 377 g/mol. The fourth-order valence-electron chi connectivity index (χ4n) is 3.36. The molecule has 27 heavy (non-hydrogen) atoms. The van der Waals surface area contributed by atoms with Gasteiger partial charge in [0.15, 0.2) is 5.96 Å². The summed E-state index contributed by atoms with van der Waals surface area (Å²) in [6.07, 6.45) is 6.30. The van der Waals surface area contributed by atoms with Crippen LogP contribution in [0.15, 0.2) is 59.7 Å². The minimum Gasteiger partial charge on any atom is -0.370 e. The fourth-order valence-corrected chi connectivity index (χ4v) is 3.64. The number of benzene rings is 2. The summed E-state index contributed by atoms with van der Waals surface area (Å²) < 4.78 is 0. The summed E-state index contributed by atoms with van der Waals surface area (Å²) in [6.45, 7) is 1.91. The number of hydrogen-bond donors (Lipinski definition) is 2. The second-order valence-corrected chi connectivity index (χ2v) is 7.23. The number of aliphatic imine (C=N–C) groups is 1. The molecule has 4 rings (SSSR count). The van der Waals surface area contributed by atoms with Crippen molar-refractivity contribution in [1.29, 1.82) is 0 Å². The molecule has 1 fully saturated rings. The van der Waals surface area contributed by atoms with Crippen molar-refractivity contribution < 1.29 is 0 Å². The van der Waals surface area contributed by atoms with Crippen molar-refractivity contribution in [1.82, 2.24) is 4.98 Å². The topological polar surface area (TPSA) is 77.3 Å². The summed E-state index contributed by atoms with van der Waals surface area (Å²) in [5.41, 5.74) is 15.8. The van der Waals surface area contributed by atoms with Gasteiger partial charge in [-0.1, -0.05) is 48.0 Å². The molecule has 0 saturated heterocycles. The van der Waals surface area contributed by atoms with Gasteiger partial charge in [0, 0.05) is 17.3 Å². The number of rotatable bonds is 4. The lowest BCUT2D eigenvalue weighted by molar-refractivity contribution is 1.10. The van der Waals surface area contributed by atoms with Crippen LogP contribution in [0.4, 0.5) is 0 Å². The van der Waals surface area contributed by atoms with Gasteiger partial charge in [-0.3, -0.25) is 4.98 Å². The van der Waals surface area contributed by atoms with Gasteiger partial charge in [-0.05, 0) is 54.2 Å². The second kappa shape index (κ2) is 7.05. The summed E-state index contributed by atoms with van der Waals surface area (Å²) in [4.78, 5) is 8.91. The number of allylic oxidation sites excluding steroid dienone is 1. The fraction of sp³-hybridized carbons (Fsp3) is 0.182. The maximum absolute atomic E-state index is 6.61. The van der Waals surface area contributed by atoms with E-state index < -0.39 is 0 Å². The van der Waals surface area contributed by atoms with Crippen molar-refractivity contribution in [3.05, 3.63) is 70.9 Å². The third-order valence-corrected chi connectivity index (χ3v) is 5.16. The minimum absolute atomic E-state index is 0.0388. The van der Waals surface area contributed by atoms with Crippen molar-refractivity contribution in [3.63, 3.8) is 0 Å². The highest BCUT2D eigenvalue weighted by Gasteiger charge is 2.24. The van der Waals surface area contributed by atoms with Crippen molar-refractivity contribution >= 4 is 34.0 Å². The highest BCUT2D eigenvalue weighted by molar-refractivity contribution is 6.33. The molecule has 4 N–H and O–H groups in total. The van der Waals surface area contributed by atoms with Crippen LogP contribution in [0.1, 0.15) is 36.8 Å². The molecule has 0 aliphatic heterocycles. The lowest BCUT2D eigenvalue weighted by Gasteiger charge is -2.11. The molecule has 0 atom stereocenters. The van der Waals surface area contributed by atoms with E-state index in [1.165, 1.54) is 18.4 Å². The Balaban J connectivity index is 1.86. The molecule has 0 unspecified atom stereocenters. The van der Waals surface area contributed by atoms with E-state index in [2.05, 4.69) is 34.2 Å². The predicted molar refractivity (Wildman–Crippen MR) is 114 cm³/mol. The number of fused-ring (bicyclic) bond motifs is 1. The number of hydrogen-bond acceptors (Lipinski definition) is 2. The van der Waals surface area contributed by atoms with Gasteiger partial charge in [0.2, 0.25) is 0 Å². The first-order valence-corrected chi connectivity index (χ1v) is 9.39. The molecular formula is C22H21ClN4. The van der Waals surface area contributed by atoms with Gasteiger partial charge >= 0.3 is 0 Å². The van der Waals surface area contributed by atoms with Crippen molar-refractivity contribution in [2.24, 2.45) is 16.5 Å². The molecule has 1 saturated carbocycles. The van der Waals surface area contributed by atoms with E-state index in [4.69, 9.17) is 23.1 Å². The summed E-state index contributed by atoms with van der Waals surface area (Å²) in [5.74, 6) is 0.664. The molecule has 136 valence electrons. The van der Waals surface area contributed by atoms with Crippen molar-refractivity contribution in [2.75, 3.05) is 0 Å². The van der Waals surface area contributed by atoms with Gasteiger partial charge in [0.05, 0.1) is 16.4 Å². The van der Waals surface area contributed by atoms with Crippen LogP contribution in [0.5, 0.6) is 0 Å². The Morgan fingerprint density at radius 3 is 2.67 bits per heavy atom. The Labute approximate surface area is 163 Å². The zero-order valence-electron chi connectivity index (χ0n) is 15.1. The van der Waals surface area contributed by atoms with Crippen molar-refractivity contribution in [3.8, 4) is 11.3 Å². The van der Waals surface area contributed by atoms with Gasteiger partial charge in [-0.25, -0.2) is 4.99 Å². The first kappa shape index (κ1) is 17.6. The molecule has 3 aromatic rings. The lowest BCUT2D eigenvalue weighted by atomic mass is 9.98. The molecule has 2 aromatic carbocycles. The summed E-state index contributed by atoms with van der Waals surface area (Å²) >= 11 is 6.61. The lowest BCUT2D eigenvalue weighted by Crippen LogP contribution is -2.22. The van der Waals surface area contributed by atoms with Crippen LogP contribution in [0, 0.1) is 0 Å². The Hall–Kier alpha value is -2.85. The van der Waals surface area contributed by atoms with E-state index in [1.54, 1.807) is 0 Å². The monoisotopic (exact) mass is 376 g/mol. The second-order valence-electron chi connectivity index (χ2n) is 6.83. The van der Waals surface area contributed by atoms with Gasteiger partial charge < -0.3 is 11.5 Å². The van der Waals surface area contributed by atoms with Gasteiger partial charge in [-0.2, -0.15) is 0 Å². The molecule has 1 heterocycles. The molecule has 4 nitrogen and oxygen atoms in total. The SMILES string of the molecule is CC=C(N=C(N)N)c1ccc2cccc(-c3ncc(C4CC4)cc3Cl)c2c1. The number of aromatic nitrogens is 1. The number of pyridine rings is 1. The molecule has 1 aromatic heterocycles. The number of halogens is 1. The first-order valence-electron chi connectivity index (χ1n) is 9.01. The highest BCUT2D eigenvalue weighted by atomic mass is 35.5. The number of nitrogens with zero attached hydrogens (tertiary/aromatic N) is 2. The molecule has 0 radical (unpaired) electrons. The van der Waals surface area contributed by atoms with Crippen LogP contribution in [-0.4, -0.2) is 10.9 Å². The van der Waals surface area contributed by atoms with E-state index in [0.29, 0.717) is 10.9 Å². The smallest absolute Gasteiger partial charge is 0.191 e. The summed E-state index contributed by atoms with van der Waals surface area (Å²) in [7, 11) is 0. The van der Waals surface area contributed by atoms with Crippen LogP contribution >= 0.6 is 11.6 Å². The molecule has 1 aliphatic carbocycles. The number of nitrogens with two attached hydrogens (primary N) is 2. The zero-order valence-corrected chi connectivity index (χ0v) is 15.9. The zero-order chi connectivity index (χ0) is 19.0. The summed E-state index contributed by atoms with van der Waals surface area (Å²) in [6, 6.07) is 14.4. The van der Waals surface area contributed by atoms with Crippen LogP contribution in [0.25, 0.3) is 27.7 Å². The van der Waals surface area contributed by atoms with Crippen LogP contribution in [-0.2, 0) is 0 Å². The van der Waals surface area contributed by atoms with E-state index in [1.807, 2.05) is 37.4 Å². The van der Waals surface area contributed by atoms with Gasteiger partial charge in [0.1, 0.15) is 0 Å². The van der Waals surface area contributed by atoms with E-state index in [-0.39, 0.29) is 5.96 Å². The maximum Gasteiger partial charge on any atom is 0.191 e. The van der Waals surface area contributed by atoms with E-state index in [0.717, 1.165) is 33.3 Å². The molecule has 0 bridgehead atoms. The third-order valence-electron chi connectivity index (χ3n) is 4.87. The Bertz CT molecular complexity index is 1080. The quantitative estimate of drug-likeness (QED) is 0.493. The largest absolute Gasteiger partial charge is 0.370 e. The molecular weight excluding hydrogens is 356 g/mol. The van der Waals surface area contributed by atoms with Crippen LogP contribution < -0.4 is 11.5 Å². The minimum atomic E-state index is 0.0388.